The molecule has 1 atom stereocenters. The van der Waals surface area contributed by atoms with Gasteiger partial charge in [0.15, 0.2) is 0 Å². The van der Waals surface area contributed by atoms with Crippen molar-refractivity contribution in [2.24, 2.45) is 11.3 Å². The first-order valence-electron chi connectivity index (χ1n) is 6.47. The topological polar surface area (TPSA) is 46.9 Å². The van der Waals surface area contributed by atoms with E-state index < -0.39 is 0 Å². The summed E-state index contributed by atoms with van der Waals surface area (Å²) in [5.41, 5.74) is 1.88. The zero-order valence-corrected chi connectivity index (χ0v) is 11.1. The molecule has 1 aliphatic carbocycles. The largest absolute Gasteiger partial charge is 0.323 e. The van der Waals surface area contributed by atoms with Gasteiger partial charge in [0.05, 0.1) is 23.8 Å². The van der Waals surface area contributed by atoms with Crippen LogP contribution in [0.1, 0.15) is 20.3 Å². The quantitative estimate of drug-likeness (QED) is 0.916. The van der Waals surface area contributed by atoms with Gasteiger partial charge in [-0.05, 0) is 24.0 Å². The molecule has 0 saturated heterocycles. The molecule has 4 nitrogen and oxygen atoms in total. The number of carbonyl (C=O) groups excluding carboxylic acids is 1. The molecule has 98 valence electrons. The van der Waals surface area contributed by atoms with Crippen LogP contribution in [0.2, 0.25) is 0 Å². The van der Waals surface area contributed by atoms with Gasteiger partial charge in [-0.15, -0.1) is 0 Å². The Hall–Kier alpha value is -2.10. The number of nitrogens with zero attached hydrogens (tertiary/aromatic N) is 2. The molecular weight excluding hydrogens is 238 g/mol. The highest BCUT2D eigenvalue weighted by Gasteiger charge is 2.50. The summed E-state index contributed by atoms with van der Waals surface area (Å²) < 4.78 is 1.76. The molecule has 1 saturated carbocycles. The fourth-order valence-corrected chi connectivity index (χ4v) is 2.25. The van der Waals surface area contributed by atoms with Crippen LogP contribution in [0.4, 0.5) is 5.69 Å². The van der Waals surface area contributed by atoms with Crippen LogP contribution >= 0.6 is 0 Å². The number of carbonyl (C=O) groups is 1. The van der Waals surface area contributed by atoms with E-state index in [-0.39, 0.29) is 17.2 Å². The minimum atomic E-state index is 0.0950. The van der Waals surface area contributed by atoms with Gasteiger partial charge in [-0.3, -0.25) is 4.79 Å². The van der Waals surface area contributed by atoms with Gasteiger partial charge in [0.2, 0.25) is 5.91 Å². The summed E-state index contributed by atoms with van der Waals surface area (Å²) in [5.74, 6) is 0.227. The van der Waals surface area contributed by atoms with E-state index in [4.69, 9.17) is 0 Å². The number of hydrogen-bond donors (Lipinski definition) is 1. The van der Waals surface area contributed by atoms with E-state index in [1.165, 1.54) is 0 Å². The molecule has 2 aromatic rings. The van der Waals surface area contributed by atoms with Gasteiger partial charge in [0, 0.05) is 5.92 Å². The third kappa shape index (κ3) is 2.38. The van der Waals surface area contributed by atoms with Crippen LogP contribution in [0, 0.1) is 11.3 Å². The van der Waals surface area contributed by atoms with Gasteiger partial charge in [-0.2, -0.15) is 5.10 Å². The monoisotopic (exact) mass is 255 g/mol. The first-order valence-corrected chi connectivity index (χ1v) is 6.47. The van der Waals surface area contributed by atoms with Gasteiger partial charge in [0.25, 0.3) is 0 Å². The van der Waals surface area contributed by atoms with E-state index in [1.807, 2.05) is 36.5 Å². The van der Waals surface area contributed by atoms with Crippen LogP contribution in [0.3, 0.4) is 0 Å². The molecule has 1 fully saturated rings. The number of amides is 1. The molecule has 1 aliphatic rings. The van der Waals surface area contributed by atoms with Crippen molar-refractivity contribution < 1.29 is 4.79 Å². The molecular formula is C15H17N3O. The summed E-state index contributed by atoms with van der Waals surface area (Å²) in [6, 6.07) is 9.83. The van der Waals surface area contributed by atoms with Gasteiger partial charge < -0.3 is 5.32 Å². The molecule has 1 unspecified atom stereocenters. The minimum Gasteiger partial charge on any atom is -0.323 e. The van der Waals surface area contributed by atoms with Crippen molar-refractivity contribution in [3.63, 3.8) is 0 Å². The number of hydrogen-bond acceptors (Lipinski definition) is 2. The Labute approximate surface area is 112 Å². The van der Waals surface area contributed by atoms with E-state index in [2.05, 4.69) is 24.3 Å². The second-order valence-electron chi connectivity index (χ2n) is 5.74. The van der Waals surface area contributed by atoms with Crippen molar-refractivity contribution in [2.75, 3.05) is 5.32 Å². The molecule has 1 aromatic heterocycles. The smallest absolute Gasteiger partial charge is 0.228 e. The highest BCUT2D eigenvalue weighted by atomic mass is 16.2. The number of anilines is 1. The summed E-state index contributed by atoms with van der Waals surface area (Å²) in [4.78, 5) is 12.0. The average molecular weight is 255 g/mol. The van der Waals surface area contributed by atoms with Gasteiger partial charge >= 0.3 is 0 Å². The normalized spacial score (nSPS) is 20.0. The zero-order valence-electron chi connectivity index (χ0n) is 11.1. The molecule has 1 amide bonds. The third-order valence-electron chi connectivity index (χ3n) is 3.70. The van der Waals surface area contributed by atoms with Crippen molar-refractivity contribution in [2.45, 2.75) is 20.3 Å². The molecule has 4 heteroatoms. The maximum atomic E-state index is 12.0. The predicted octanol–water partition coefficient (Wildman–Crippen LogP) is 2.86. The van der Waals surface area contributed by atoms with E-state index in [0.717, 1.165) is 17.8 Å². The van der Waals surface area contributed by atoms with Crippen LogP contribution in [0.25, 0.3) is 5.69 Å². The van der Waals surface area contributed by atoms with Crippen molar-refractivity contribution in [1.82, 2.24) is 9.78 Å². The fraction of sp³-hybridized carbons (Fsp3) is 0.333. The molecule has 0 radical (unpaired) electrons. The maximum absolute atomic E-state index is 12.0. The zero-order chi connectivity index (χ0) is 13.5. The third-order valence-corrected chi connectivity index (χ3v) is 3.70. The molecule has 0 spiro atoms. The van der Waals surface area contributed by atoms with E-state index in [1.54, 1.807) is 10.9 Å². The number of nitrogens with one attached hydrogen (secondary N) is 1. The summed E-state index contributed by atoms with van der Waals surface area (Å²) in [6.45, 7) is 4.23. The molecule has 3 rings (SSSR count). The molecule has 19 heavy (non-hydrogen) atoms. The van der Waals surface area contributed by atoms with Crippen LogP contribution in [0.15, 0.2) is 42.7 Å². The lowest BCUT2D eigenvalue weighted by Crippen LogP contribution is -2.16. The SMILES string of the molecule is CC1(C)CC1C(=O)Nc1cnn(-c2ccccc2)c1. The van der Waals surface area contributed by atoms with E-state index in [0.29, 0.717) is 0 Å². The van der Waals surface area contributed by atoms with Gasteiger partial charge in [0.1, 0.15) is 0 Å². The highest BCUT2D eigenvalue weighted by Crippen LogP contribution is 2.51. The molecule has 0 aliphatic heterocycles. The first-order chi connectivity index (χ1) is 9.06. The lowest BCUT2D eigenvalue weighted by Gasteiger charge is -2.03. The fourth-order valence-electron chi connectivity index (χ4n) is 2.25. The predicted molar refractivity (Wildman–Crippen MR) is 74.1 cm³/mol. The van der Waals surface area contributed by atoms with Crippen LogP contribution in [-0.2, 0) is 4.79 Å². The van der Waals surface area contributed by atoms with Gasteiger partial charge in [-0.1, -0.05) is 32.0 Å². The van der Waals surface area contributed by atoms with E-state index in [9.17, 15) is 4.79 Å². The van der Waals surface area contributed by atoms with Crippen molar-refractivity contribution >= 4 is 11.6 Å². The maximum Gasteiger partial charge on any atom is 0.228 e. The Morgan fingerprint density at radius 3 is 2.68 bits per heavy atom. The van der Waals surface area contributed by atoms with E-state index >= 15 is 0 Å². The highest BCUT2D eigenvalue weighted by molar-refractivity contribution is 5.94. The number of benzene rings is 1. The Balaban J connectivity index is 1.71. The standard InChI is InChI=1S/C15H17N3O/c1-15(2)8-13(15)14(19)17-11-9-16-18(10-11)12-6-4-3-5-7-12/h3-7,9-10,13H,8H2,1-2H3,(H,17,19). The summed E-state index contributed by atoms with van der Waals surface area (Å²) in [7, 11) is 0. The Bertz CT molecular complexity index is 601. The van der Waals surface area contributed by atoms with Crippen molar-refractivity contribution in [3.8, 4) is 5.69 Å². The Morgan fingerprint density at radius 1 is 1.37 bits per heavy atom. The lowest BCUT2D eigenvalue weighted by molar-refractivity contribution is -0.118. The first kappa shape index (κ1) is 12.0. The van der Waals surface area contributed by atoms with Crippen LogP contribution in [-0.4, -0.2) is 15.7 Å². The summed E-state index contributed by atoms with van der Waals surface area (Å²) >= 11 is 0. The number of aromatic nitrogens is 2. The summed E-state index contributed by atoms with van der Waals surface area (Å²) in [5, 5.41) is 7.18. The van der Waals surface area contributed by atoms with Gasteiger partial charge in [-0.25, -0.2) is 4.68 Å². The van der Waals surface area contributed by atoms with Crippen LogP contribution < -0.4 is 5.32 Å². The van der Waals surface area contributed by atoms with Crippen molar-refractivity contribution in [1.29, 1.82) is 0 Å². The minimum absolute atomic E-state index is 0.0950. The number of para-hydroxylation sites is 1. The van der Waals surface area contributed by atoms with Crippen LogP contribution in [0.5, 0.6) is 0 Å². The molecule has 1 N–H and O–H groups in total. The summed E-state index contributed by atoms with van der Waals surface area (Å²) in [6.07, 6.45) is 4.48. The second kappa shape index (κ2) is 4.23. The number of rotatable bonds is 3. The Kier molecular flexibility index (Phi) is 2.66. The second-order valence-corrected chi connectivity index (χ2v) is 5.74. The lowest BCUT2D eigenvalue weighted by atomic mass is 10.1. The van der Waals surface area contributed by atoms with Crippen molar-refractivity contribution in [3.05, 3.63) is 42.7 Å². The molecule has 1 aromatic carbocycles. The average Bonchev–Trinajstić information content (AvgIpc) is 2.84. The molecule has 1 heterocycles. The molecule has 0 bridgehead atoms. The Morgan fingerprint density at radius 2 is 2.05 bits per heavy atom.